The van der Waals surface area contributed by atoms with Crippen molar-refractivity contribution in [1.29, 1.82) is 0 Å². The number of benzene rings is 1. The van der Waals surface area contributed by atoms with Crippen LogP contribution < -0.4 is 5.73 Å². The maximum absolute atomic E-state index is 6.08. The van der Waals surface area contributed by atoms with Gasteiger partial charge in [0.2, 0.25) is 0 Å². The lowest BCUT2D eigenvalue weighted by Gasteiger charge is -2.05. The predicted octanol–water partition coefficient (Wildman–Crippen LogP) is 4.26. The van der Waals surface area contributed by atoms with Gasteiger partial charge in [-0.2, -0.15) is 0 Å². The van der Waals surface area contributed by atoms with Crippen LogP contribution in [0.2, 0.25) is 10.0 Å². The van der Waals surface area contributed by atoms with Crippen molar-refractivity contribution in [2.24, 2.45) is 0 Å². The van der Waals surface area contributed by atoms with Crippen LogP contribution in [0.25, 0.3) is 0 Å². The number of halogens is 2. The summed E-state index contributed by atoms with van der Waals surface area (Å²) in [6.45, 7) is 0. The number of hydrogen-bond donors (Lipinski definition) is 1. The van der Waals surface area contributed by atoms with Gasteiger partial charge >= 0.3 is 0 Å². The molecule has 0 fully saturated rings. The zero-order valence-electron chi connectivity index (χ0n) is 8.86. The molecule has 2 N–H and O–H groups in total. The van der Waals surface area contributed by atoms with Crippen LogP contribution in [0.3, 0.4) is 0 Å². The number of pyridine rings is 1. The van der Waals surface area contributed by atoms with E-state index in [0.29, 0.717) is 15.9 Å². The summed E-state index contributed by atoms with van der Waals surface area (Å²) in [6, 6.07) is 9.22. The summed E-state index contributed by atoms with van der Waals surface area (Å²) in [5.74, 6) is 1.31. The van der Waals surface area contributed by atoms with Crippen LogP contribution in [0, 0.1) is 0 Å². The highest BCUT2D eigenvalue weighted by molar-refractivity contribution is 7.98. The van der Waals surface area contributed by atoms with Crippen LogP contribution in [-0.4, -0.2) is 4.98 Å². The number of thioether (sulfide) groups is 1. The molecule has 2 rings (SSSR count). The second-order valence-corrected chi connectivity index (χ2v) is 5.31. The van der Waals surface area contributed by atoms with E-state index < -0.39 is 0 Å². The molecule has 17 heavy (non-hydrogen) atoms. The van der Waals surface area contributed by atoms with Crippen LogP contribution >= 0.6 is 35.0 Å². The second kappa shape index (κ2) is 5.63. The van der Waals surface area contributed by atoms with E-state index in [-0.39, 0.29) is 0 Å². The molecule has 2 aromatic rings. The fraction of sp³-hybridized carbons (Fsp3) is 0.0833. The van der Waals surface area contributed by atoms with Gasteiger partial charge < -0.3 is 5.73 Å². The van der Waals surface area contributed by atoms with E-state index in [0.717, 1.165) is 16.2 Å². The molecule has 0 saturated heterocycles. The van der Waals surface area contributed by atoms with Gasteiger partial charge in [-0.3, -0.25) is 0 Å². The maximum atomic E-state index is 6.08. The van der Waals surface area contributed by atoms with E-state index in [9.17, 15) is 0 Å². The molecule has 0 bridgehead atoms. The summed E-state index contributed by atoms with van der Waals surface area (Å²) in [6.07, 6.45) is 1.70. The number of nitrogens with zero attached hydrogens (tertiary/aromatic N) is 1. The molecule has 0 saturated carbocycles. The third-order valence-corrected chi connectivity index (χ3v) is 3.94. The molecular weight excluding hydrogens is 275 g/mol. The van der Waals surface area contributed by atoms with Gasteiger partial charge in [-0.05, 0) is 35.9 Å². The molecule has 0 aliphatic rings. The predicted molar refractivity (Wildman–Crippen MR) is 74.7 cm³/mol. The van der Waals surface area contributed by atoms with Gasteiger partial charge in [-0.1, -0.05) is 23.2 Å². The minimum atomic E-state index is 0.528. The van der Waals surface area contributed by atoms with Gasteiger partial charge in [-0.25, -0.2) is 4.98 Å². The lowest BCUT2D eigenvalue weighted by atomic mass is 10.3. The molecule has 0 aliphatic heterocycles. The van der Waals surface area contributed by atoms with Gasteiger partial charge in [0, 0.05) is 21.9 Å². The molecule has 1 aromatic carbocycles. The van der Waals surface area contributed by atoms with Crippen molar-refractivity contribution in [2.75, 3.05) is 5.73 Å². The highest BCUT2D eigenvalue weighted by Gasteiger charge is 2.03. The Bertz CT molecular complexity index is 532. The van der Waals surface area contributed by atoms with Gasteiger partial charge in [-0.15, -0.1) is 11.8 Å². The number of aromatic nitrogens is 1. The second-order valence-electron chi connectivity index (χ2n) is 3.45. The van der Waals surface area contributed by atoms with Gasteiger partial charge in [0.05, 0.1) is 5.02 Å². The van der Waals surface area contributed by atoms with Crippen LogP contribution in [-0.2, 0) is 5.75 Å². The molecule has 0 amide bonds. The van der Waals surface area contributed by atoms with Gasteiger partial charge in [0.25, 0.3) is 0 Å². The summed E-state index contributed by atoms with van der Waals surface area (Å²) < 4.78 is 0. The Morgan fingerprint density at radius 3 is 2.76 bits per heavy atom. The molecule has 0 radical (unpaired) electrons. The fourth-order valence-electron chi connectivity index (χ4n) is 1.33. The smallest absolute Gasteiger partial charge is 0.123 e. The van der Waals surface area contributed by atoms with E-state index in [2.05, 4.69) is 4.98 Å². The summed E-state index contributed by atoms with van der Waals surface area (Å²) in [7, 11) is 0. The molecule has 2 nitrogen and oxygen atoms in total. The molecule has 1 heterocycles. The minimum Gasteiger partial charge on any atom is -0.384 e. The number of hydrogen-bond acceptors (Lipinski definition) is 3. The standard InChI is InChI=1S/C12H10Cl2N2S/c13-9-1-2-10(14)11(6-9)17-7-8-3-4-16-12(15)5-8/h1-6H,7H2,(H2,15,16). The molecular formula is C12H10Cl2N2S. The zero-order chi connectivity index (χ0) is 12.3. The Morgan fingerprint density at radius 2 is 2.00 bits per heavy atom. The number of nitrogen functional groups attached to an aromatic ring is 1. The number of nitrogens with two attached hydrogens (primary N) is 1. The first-order valence-electron chi connectivity index (χ1n) is 4.93. The van der Waals surface area contributed by atoms with Gasteiger partial charge in [0.15, 0.2) is 0 Å². The topological polar surface area (TPSA) is 38.9 Å². The van der Waals surface area contributed by atoms with Crippen molar-refractivity contribution >= 4 is 40.8 Å². The van der Waals surface area contributed by atoms with Crippen molar-refractivity contribution in [2.45, 2.75) is 10.6 Å². The first-order chi connectivity index (χ1) is 8.15. The Labute approximate surface area is 114 Å². The number of rotatable bonds is 3. The Balaban J connectivity index is 2.09. The average Bonchev–Trinajstić information content (AvgIpc) is 2.30. The number of anilines is 1. The van der Waals surface area contributed by atoms with Crippen molar-refractivity contribution in [1.82, 2.24) is 4.98 Å². The fourth-order valence-corrected chi connectivity index (χ4v) is 2.77. The summed E-state index contributed by atoms with van der Waals surface area (Å²) in [4.78, 5) is 4.92. The molecule has 0 unspecified atom stereocenters. The van der Waals surface area contributed by atoms with E-state index in [1.165, 1.54) is 0 Å². The lowest BCUT2D eigenvalue weighted by molar-refractivity contribution is 1.28. The lowest BCUT2D eigenvalue weighted by Crippen LogP contribution is -1.90. The largest absolute Gasteiger partial charge is 0.384 e. The normalized spacial score (nSPS) is 10.5. The highest BCUT2D eigenvalue weighted by Crippen LogP contribution is 2.32. The van der Waals surface area contributed by atoms with Crippen molar-refractivity contribution < 1.29 is 0 Å². The van der Waals surface area contributed by atoms with Crippen LogP contribution in [0.1, 0.15) is 5.56 Å². The van der Waals surface area contributed by atoms with E-state index in [1.54, 1.807) is 30.1 Å². The molecule has 0 aliphatic carbocycles. The third kappa shape index (κ3) is 3.53. The first-order valence-corrected chi connectivity index (χ1v) is 6.67. The summed E-state index contributed by atoms with van der Waals surface area (Å²) >= 11 is 13.6. The molecule has 88 valence electrons. The van der Waals surface area contributed by atoms with Crippen molar-refractivity contribution in [3.8, 4) is 0 Å². The minimum absolute atomic E-state index is 0.528. The van der Waals surface area contributed by atoms with Crippen LogP contribution in [0.15, 0.2) is 41.4 Å². The zero-order valence-corrected chi connectivity index (χ0v) is 11.2. The third-order valence-electron chi connectivity index (χ3n) is 2.13. The highest BCUT2D eigenvalue weighted by atomic mass is 35.5. The van der Waals surface area contributed by atoms with Crippen molar-refractivity contribution in [3.63, 3.8) is 0 Å². The summed E-state index contributed by atoms with van der Waals surface area (Å²) in [5, 5.41) is 1.40. The molecule has 0 atom stereocenters. The monoisotopic (exact) mass is 284 g/mol. The maximum Gasteiger partial charge on any atom is 0.123 e. The molecule has 0 spiro atoms. The Kier molecular flexibility index (Phi) is 4.15. The van der Waals surface area contributed by atoms with E-state index in [4.69, 9.17) is 28.9 Å². The van der Waals surface area contributed by atoms with Crippen LogP contribution in [0.4, 0.5) is 5.82 Å². The van der Waals surface area contributed by atoms with Crippen LogP contribution in [0.5, 0.6) is 0 Å². The Hall–Kier alpha value is -0.900. The molecule has 5 heteroatoms. The average molecular weight is 285 g/mol. The summed E-state index contributed by atoms with van der Waals surface area (Å²) in [5.41, 5.74) is 6.72. The van der Waals surface area contributed by atoms with Crippen molar-refractivity contribution in [3.05, 3.63) is 52.1 Å². The van der Waals surface area contributed by atoms with E-state index >= 15 is 0 Å². The molecule has 1 aromatic heterocycles. The first kappa shape index (κ1) is 12.6. The SMILES string of the molecule is Nc1cc(CSc2cc(Cl)ccc2Cl)ccn1. The van der Waals surface area contributed by atoms with Gasteiger partial charge in [0.1, 0.15) is 5.82 Å². The Morgan fingerprint density at radius 1 is 1.18 bits per heavy atom. The quantitative estimate of drug-likeness (QED) is 0.856. The van der Waals surface area contributed by atoms with E-state index in [1.807, 2.05) is 18.2 Å².